The molecule has 112 heavy (non-hydrogen) atoms. The van der Waals surface area contributed by atoms with Crippen molar-refractivity contribution in [2.24, 2.45) is 17.8 Å². The zero-order chi connectivity index (χ0) is 82.2. The molecule has 0 aromatic heterocycles. The second kappa shape index (κ2) is 82.7. The Hall–Kier alpha value is -1.94. The van der Waals surface area contributed by atoms with Crippen LogP contribution in [-0.2, 0) is 65.4 Å². The number of unbranched alkanes of at least 4 members (excludes halogenated alkanes) is 58. The van der Waals surface area contributed by atoms with Gasteiger partial charge >= 0.3 is 39.5 Å². The number of carbonyl (C=O) groups excluding carboxylic acids is 4. The summed E-state index contributed by atoms with van der Waals surface area (Å²) in [5.41, 5.74) is 0. The van der Waals surface area contributed by atoms with Crippen molar-refractivity contribution in [3.05, 3.63) is 0 Å². The third-order valence-electron chi connectivity index (χ3n) is 22.2. The van der Waals surface area contributed by atoms with Crippen molar-refractivity contribution >= 4 is 39.5 Å². The summed E-state index contributed by atoms with van der Waals surface area (Å²) in [4.78, 5) is 73.5. The van der Waals surface area contributed by atoms with Crippen molar-refractivity contribution in [1.82, 2.24) is 0 Å². The lowest BCUT2D eigenvalue weighted by Gasteiger charge is -2.21. The van der Waals surface area contributed by atoms with Gasteiger partial charge in [0.05, 0.1) is 26.4 Å². The van der Waals surface area contributed by atoms with Crippen LogP contribution in [0.25, 0.3) is 0 Å². The molecule has 3 N–H and O–H groups in total. The zero-order valence-corrected chi connectivity index (χ0v) is 75.9. The summed E-state index contributed by atoms with van der Waals surface area (Å²) in [5.74, 6) is 0.395. The van der Waals surface area contributed by atoms with Gasteiger partial charge in [-0.1, -0.05) is 447 Å². The van der Waals surface area contributed by atoms with Gasteiger partial charge in [0.1, 0.15) is 19.3 Å². The molecule has 0 heterocycles. The van der Waals surface area contributed by atoms with E-state index >= 15 is 0 Å². The molecule has 0 aromatic rings. The molecule has 0 saturated heterocycles. The molecule has 0 spiro atoms. The topological polar surface area (TPSA) is 237 Å². The third kappa shape index (κ3) is 84.5. The number of carbonyl (C=O) groups is 4. The average Bonchev–Trinajstić information content (AvgIpc) is 0.902. The number of phosphoric acid groups is 2. The first-order valence-corrected chi connectivity index (χ1v) is 50.9. The van der Waals surface area contributed by atoms with Crippen molar-refractivity contribution in [3.63, 3.8) is 0 Å². The van der Waals surface area contributed by atoms with Crippen LogP contribution in [-0.4, -0.2) is 96.7 Å². The molecule has 0 aromatic carbocycles. The van der Waals surface area contributed by atoms with Crippen molar-refractivity contribution in [3.8, 4) is 0 Å². The van der Waals surface area contributed by atoms with E-state index in [4.69, 9.17) is 37.0 Å². The van der Waals surface area contributed by atoms with Crippen LogP contribution in [0, 0.1) is 17.8 Å². The van der Waals surface area contributed by atoms with Crippen molar-refractivity contribution in [2.45, 2.75) is 516 Å². The first-order chi connectivity index (χ1) is 54.3. The molecule has 0 amide bonds. The van der Waals surface area contributed by atoms with Gasteiger partial charge in [0.25, 0.3) is 0 Å². The quantitative estimate of drug-likeness (QED) is 0.0222. The number of aliphatic hydroxyl groups is 1. The van der Waals surface area contributed by atoms with Gasteiger partial charge in [0.15, 0.2) is 12.2 Å². The molecule has 0 aliphatic heterocycles. The van der Waals surface area contributed by atoms with Crippen LogP contribution >= 0.6 is 15.6 Å². The van der Waals surface area contributed by atoms with Crippen LogP contribution in [0.1, 0.15) is 498 Å². The van der Waals surface area contributed by atoms with Crippen LogP contribution < -0.4 is 0 Å². The van der Waals surface area contributed by atoms with E-state index in [2.05, 4.69) is 48.5 Å². The maximum atomic E-state index is 13.2. The molecular weight excluding hydrogens is 1450 g/mol. The van der Waals surface area contributed by atoms with Gasteiger partial charge in [-0.2, -0.15) is 0 Å². The summed E-state index contributed by atoms with van der Waals surface area (Å²) >= 11 is 0. The molecule has 19 heteroatoms. The minimum atomic E-state index is -4.97. The molecule has 17 nitrogen and oxygen atoms in total. The molecule has 0 fully saturated rings. The fourth-order valence-electron chi connectivity index (χ4n) is 14.6. The second-order valence-corrected chi connectivity index (χ2v) is 37.5. The molecule has 0 rings (SSSR count). The Morgan fingerprint density at radius 3 is 0.679 bits per heavy atom. The van der Waals surface area contributed by atoms with E-state index in [-0.39, 0.29) is 25.7 Å². The Kier molecular flexibility index (Phi) is 81.3. The van der Waals surface area contributed by atoms with Gasteiger partial charge in [-0.3, -0.25) is 37.3 Å². The van der Waals surface area contributed by atoms with Gasteiger partial charge in [-0.15, -0.1) is 0 Å². The maximum absolute atomic E-state index is 13.2. The van der Waals surface area contributed by atoms with E-state index < -0.39 is 97.5 Å². The highest BCUT2D eigenvalue weighted by Crippen LogP contribution is 2.45. The smallest absolute Gasteiger partial charge is 0.462 e. The molecule has 6 atom stereocenters. The lowest BCUT2D eigenvalue weighted by molar-refractivity contribution is -0.161. The highest BCUT2D eigenvalue weighted by Gasteiger charge is 2.31. The summed E-state index contributed by atoms with van der Waals surface area (Å²) < 4.78 is 69.1. The molecule has 3 unspecified atom stereocenters. The lowest BCUT2D eigenvalue weighted by atomic mass is 9.99. The Balaban J connectivity index is 5.25. The van der Waals surface area contributed by atoms with Crippen molar-refractivity contribution in [1.29, 1.82) is 0 Å². The Morgan fingerprint density at radius 1 is 0.259 bits per heavy atom. The van der Waals surface area contributed by atoms with Gasteiger partial charge in [0.2, 0.25) is 0 Å². The molecule has 0 radical (unpaired) electrons. The SMILES string of the molecule is CCCCCCCCCCCCCCC(=O)OC[C@H](COP(=O)(O)OC[C@H](O)COP(=O)(O)OC[C@@H](COC(=O)CCCCCCCCCCCCCCCCCCCCC(C)C)OC(=O)CCCCCCCCCCCCCCCCCCCCC(C)C)OC(=O)CCCCCCCCCCCCCCCCC(C)CC. The van der Waals surface area contributed by atoms with Gasteiger partial charge in [0, 0.05) is 25.7 Å². The number of ether oxygens (including phenoxy) is 4. The summed E-state index contributed by atoms with van der Waals surface area (Å²) in [6.07, 6.45) is 76.3. The predicted octanol–water partition coefficient (Wildman–Crippen LogP) is 28.8. The third-order valence-corrected chi connectivity index (χ3v) is 24.1. The summed E-state index contributed by atoms with van der Waals surface area (Å²) in [5, 5.41) is 10.7. The van der Waals surface area contributed by atoms with Crippen LogP contribution in [0.5, 0.6) is 0 Å². The van der Waals surface area contributed by atoms with Gasteiger partial charge in [-0.05, 0) is 43.4 Å². The highest BCUT2D eigenvalue weighted by atomic mass is 31.2. The predicted molar refractivity (Wildman–Crippen MR) is 465 cm³/mol. The normalized spacial score (nSPS) is 14.0. The molecule has 666 valence electrons. The first kappa shape index (κ1) is 110. The van der Waals surface area contributed by atoms with Crippen LogP contribution in [0.15, 0.2) is 0 Å². The number of rotatable bonds is 91. The Bertz CT molecular complexity index is 2150. The Morgan fingerprint density at radius 2 is 0.455 bits per heavy atom. The van der Waals surface area contributed by atoms with E-state index in [1.54, 1.807) is 0 Å². The molecule has 0 saturated carbocycles. The summed E-state index contributed by atoms with van der Waals surface area (Å²) in [6.45, 7) is 12.2. The van der Waals surface area contributed by atoms with Crippen molar-refractivity contribution in [2.75, 3.05) is 39.6 Å². The number of hydrogen-bond acceptors (Lipinski definition) is 15. The number of esters is 4. The second-order valence-electron chi connectivity index (χ2n) is 34.6. The summed E-state index contributed by atoms with van der Waals surface area (Å²) in [6, 6.07) is 0. The lowest BCUT2D eigenvalue weighted by Crippen LogP contribution is -2.30. The zero-order valence-electron chi connectivity index (χ0n) is 74.2. The van der Waals surface area contributed by atoms with Crippen LogP contribution in [0.2, 0.25) is 0 Å². The fourth-order valence-corrected chi connectivity index (χ4v) is 16.2. The van der Waals surface area contributed by atoms with E-state index in [0.717, 1.165) is 108 Å². The number of hydrogen-bond donors (Lipinski definition) is 3. The Labute approximate surface area is 689 Å². The van der Waals surface area contributed by atoms with Gasteiger partial charge in [-0.25, -0.2) is 9.13 Å². The fraction of sp³-hybridized carbons (Fsp3) is 0.957. The van der Waals surface area contributed by atoms with Gasteiger partial charge < -0.3 is 33.8 Å². The molecular formula is C93H182O17P2. The van der Waals surface area contributed by atoms with E-state index in [0.29, 0.717) is 25.7 Å². The average molecular weight is 1630 g/mol. The van der Waals surface area contributed by atoms with Crippen LogP contribution in [0.4, 0.5) is 0 Å². The first-order valence-electron chi connectivity index (χ1n) is 47.9. The monoisotopic (exact) mass is 1630 g/mol. The van der Waals surface area contributed by atoms with Crippen LogP contribution in [0.3, 0.4) is 0 Å². The van der Waals surface area contributed by atoms with E-state index in [1.165, 1.54) is 308 Å². The largest absolute Gasteiger partial charge is 0.472 e. The molecule has 0 bridgehead atoms. The molecule has 0 aliphatic carbocycles. The number of aliphatic hydroxyl groups excluding tert-OH is 1. The minimum Gasteiger partial charge on any atom is -0.462 e. The minimum absolute atomic E-state index is 0.108. The molecule has 0 aliphatic rings. The van der Waals surface area contributed by atoms with Crippen molar-refractivity contribution < 1.29 is 80.2 Å². The van der Waals surface area contributed by atoms with E-state index in [9.17, 15) is 43.2 Å². The standard InChI is InChI=1S/C93H182O17P2/c1-8-10-11-12-13-14-15-39-46-53-60-67-74-90(95)103-80-88(109-93(98)77-70-63-56-49-42-35-29-28-32-38-45-52-59-66-73-86(7)9-2)82-107-111(99,100)105-78-87(94)79-106-112(101,102)108-83-89(110-92(97)76-69-62-55-48-41-34-27-23-19-17-21-25-31-37-44-51-58-65-72-85(5)6)81-104-91(96)75-68-61-54-47-40-33-26-22-18-16-20-24-30-36-43-50-57-64-71-84(3)4/h84-89,94H,8-83H2,1-7H3,(H,99,100)(H,101,102)/t86?,87-,88+,89+/m0/s1. The highest BCUT2D eigenvalue weighted by molar-refractivity contribution is 7.47. The van der Waals surface area contributed by atoms with E-state index in [1.807, 2.05) is 0 Å². The summed E-state index contributed by atoms with van der Waals surface area (Å²) in [7, 11) is -9.94. The number of phosphoric ester groups is 2. The maximum Gasteiger partial charge on any atom is 0.472 e.